The predicted molar refractivity (Wildman–Crippen MR) is 98.8 cm³/mol. The van der Waals surface area contributed by atoms with E-state index in [-0.39, 0.29) is 23.6 Å². The highest BCUT2D eigenvalue weighted by Gasteiger charge is 2.17. The van der Waals surface area contributed by atoms with Crippen LogP contribution in [0.5, 0.6) is 11.5 Å². The van der Waals surface area contributed by atoms with Crippen LogP contribution >= 0.6 is 0 Å². The molecule has 3 aromatic rings. The first-order valence-corrected chi connectivity index (χ1v) is 8.11. The number of nitrogens with zero attached hydrogens (tertiary/aromatic N) is 1. The van der Waals surface area contributed by atoms with Gasteiger partial charge in [0.05, 0.1) is 5.56 Å². The molecule has 0 aliphatic carbocycles. The second-order valence-corrected chi connectivity index (χ2v) is 5.58. The maximum absolute atomic E-state index is 11.5. The maximum Gasteiger partial charge on any atom is 0.174 e. The van der Waals surface area contributed by atoms with E-state index in [1.165, 1.54) is 6.07 Å². The lowest BCUT2D eigenvalue weighted by Crippen LogP contribution is -2.03. The van der Waals surface area contributed by atoms with E-state index in [2.05, 4.69) is 5.18 Å². The van der Waals surface area contributed by atoms with Crippen LogP contribution < -0.4 is 9.47 Å². The molecule has 0 atom stereocenters. The zero-order valence-electron chi connectivity index (χ0n) is 14.0. The van der Waals surface area contributed by atoms with Crippen molar-refractivity contribution in [2.24, 2.45) is 5.18 Å². The molecule has 5 nitrogen and oxygen atoms in total. The molecular weight excluding hydrogens is 330 g/mol. The van der Waals surface area contributed by atoms with Gasteiger partial charge in [-0.25, -0.2) is 0 Å². The molecule has 130 valence electrons. The SMILES string of the molecule is O=Cc1c(N=O)ccc(OCc2ccccc2)c1OCc1ccccc1. The lowest BCUT2D eigenvalue weighted by atomic mass is 10.1. The minimum Gasteiger partial charge on any atom is -0.485 e. The number of nitroso groups, excluding NO2 is 1. The van der Waals surface area contributed by atoms with Crippen LogP contribution in [0.15, 0.2) is 78.0 Å². The van der Waals surface area contributed by atoms with Crippen molar-refractivity contribution in [1.29, 1.82) is 0 Å². The number of aldehydes is 1. The molecule has 5 heteroatoms. The van der Waals surface area contributed by atoms with E-state index >= 15 is 0 Å². The van der Waals surface area contributed by atoms with Crippen LogP contribution in [0.4, 0.5) is 5.69 Å². The Bertz CT molecular complexity index is 879. The molecule has 0 fully saturated rings. The summed E-state index contributed by atoms with van der Waals surface area (Å²) >= 11 is 0. The molecule has 0 heterocycles. The normalized spacial score (nSPS) is 10.2. The Morgan fingerprint density at radius 3 is 1.88 bits per heavy atom. The van der Waals surface area contributed by atoms with Crippen LogP contribution in [0, 0.1) is 4.91 Å². The van der Waals surface area contributed by atoms with Gasteiger partial charge in [-0.3, -0.25) is 4.79 Å². The summed E-state index contributed by atoms with van der Waals surface area (Å²) in [6, 6.07) is 22.2. The molecule has 0 aliphatic rings. The van der Waals surface area contributed by atoms with E-state index in [0.29, 0.717) is 18.6 Å². The van der Waals surface area contributed by atoms with Crippen LogP contribution in [-0.4, -0.2) is 6.29 Å². The van der Waals surface area contributed by atoms with Crippen molar-refractivity contribution in [3.8, 4) is 11.5 Å². The zero-order chi connectivity index (χ0) is 18.2. The number of carbonyl (C=O) groups excluding carboxylic acids is 1. The van der Waals surface area contributed by atoms with Gasteiger partial charge in [0.2, 0.25) is 0 Å². The highest BCUT2D eigenvalue weighted by atomic mass is 16.5. The molecule has 0 bridgehead atoms. The zero-order valence-corrected chi connectivity index (χ0v) is 14.0. The van der Waals surface area contributed by atoms with Crippen molar-refractivity contribution in [3.63, 3.8) is 0 Å². The van der Waals surface area contributed by atoms with Crippen molar-refractivity contribution in [2.45, 2.75) is 13.2 Å². The van der Waals surface area contributed by atoms with Gasteiger partial charge in [0.15, 0.2) is 17.8 Å². The molecule has 26 heavy (non-hydrogen) atoms. The van der Waals surface area contributed by atoms with Crippen molar-refractivity contribution in [1.82, 2.24) is 0 Å². The summed E-state index contributed by atoms with van der Waals surface area (Å²) in [5, 5.41) is 2.90. The summed E-state index contributed by atoms with van der Waals surface area (Å²) in [7, 11) is 0. The third-order valence-corrected chi connectivity index (χ3v) is 3.82. The van der Waals surface area contributed by atoms with Crippen molar-refractivity contribution >= 4 is 12.0 Å². The van der Waals surface area contributed by atoms with Crippen LogP contribution in [-0.2, 0) is 13.2 Å². The van der Waals surface area contributed by atoms with Gasteiger partial charge >= 0.3 is 0 Å². The molecule has 0 spiro atoms. The van der Waals surface area contributed by atoms with Gasteiger partial charge < -0.3 is 9.47 Å². The molecule has 0 aromatic heterocycles. The Morgan fingerprint density at radius 1 is 0.769 bits per heavy atom. The third kappa shape index (κ3) is 4.13. The number of rotatable bonds is 8. The maximum atomic E-state index is 11.5. The molecule has 0 saturated carbocycles. The fraction of sp³-hybridized carbons (Fsp3) is 0.0952. The van der Waals surface area contributed by atoms with Gasteiger partial charge in [-0.1, -0.05) is 60.7 Å². The van der Waals surface area contributed by atoms with Crippen molar-refractivity contribution in [2.75, 3.05) is 0 Å². The largest absolute Gasteiger partial charge is 0.485 e. The summed E-state index contributed by atoms with van der Waals surface area (Å²) in [5.74, 6) is 0.608. The summed E-state index contributed by atoms with van der Waals surface area (Å²) in [4.78, 5) is 22.5. The average Bonchev–Trinajstić information content (AvgIpc) is 2.71. The van der Waals surface area contributed by atoms with E-state index < -0.39 is 0 Å². The summed E-state index contributed by atoms with van der Waals surface area (Å²) < 4.78 is 11.6. The van der Waals surface area contributed by atoms with Gasteiger partial charge in [0.1, 0.15) is 18.9 Å². The van der Waals surface area contributed by atoms with E-state index in [1.54, 1.807) is 6.07 Å². The first-order chi connectivity index (χ1) is 12.8. The van der Waals surface area contributed by atoms with E-state index in [9.17, 15) is 9.70 Å². The van der Waals surface area contributed by atoms with Crippen molar-refractivity contribution in [3.05, 3.63) is 94.4 Å². The molecule has 0 saturated heterocycles. The van der Waals surface area contributed by atoms with E-state index in [1.807, 2.05) is 60.7 Å². The minimum absolute atomic E-state index is 0.0233. The summed E-state index contributed by atoms with van der Waals surface area (Å²) in [5.41, 5.74) is 2.02. The Balaban J connectivity index is 1.87. The highest BCUT2D eigenvalue weighted by Crippen LogP contribution is 2.37. The Kier molecular flexibility index (Phi) is 5.72. The Labute approximate surface area is 151 Å². The van der Waals surface area contributed by atoms with Crippen LogP contribution in [0.3, 0.4) is 0 Å². The topological polar surface area (TPSA) is 65.0 Å². The molecule has 0 unspecified atom stereocenters. The van der Waals surface area contributed by atoms with Gasteiger partial charge in [-0.2, -0.15) is 0 Å². The number of carbonyl (C=O) groups is 1. The minimum atomic E-state index is 0.0233. The number of ether oxygens (including phenoxy) is 2. The van der Waals surface area contributed by atoms with Gasteiger partial charge in [0, 0.05) is 0 Å². The second kappa shape index (κ2) is 8.58. The van der Waals surface area contributed by atoms with E-state index in [4.69, 9.17) is 9.47 Å². The summed E-state index contributed by atoms with van der Waals surface area (Å²) in [6.07, 6.45) is 0.562. The monoisotopic (exact) mass is 347 g/mol. The van der Waals surface area contributed by atoms with Crippen LogP contribution in [0.2, 0.25) is 0 Å². The molecular formula is C21H17NO4. The molecule has 3 rings (SSSR count). The predicted octanol–water partition coefficient (Wildman–Crippen LogP) is 5.06. The molecule has 0 aliphatic heterocycles. The molecule has 0 radical (unpaired) electrons. The first kappa shape index (κ1) is 17.4. The first-order valence-electron chi connectivity index (χ1n) is 8.11. The van der Waals surface area contributed by atoms with Gasteiger partial charge in [-0.15, -0.1) is 4.91 Å². The van der Waals surface area contributed by atoms with Gasteiger partial charge in [0.25, 0.3) is 0 Å². The molecule has 0 amide bonds. The fourth-order valence-electron chi connectivity index (χ4n) is 2.49. The van der Waals surface area contributed by atoms with Gasteiger partial charge in [-0.05, 0) is 28.4 Å². The van der Waals surface area contributed by atoms with Crippen LogP contribution in [0.1, 0.15) is 21.5 Å². The summed E-state index contributed by atoms with van der Waals surface area (Å²) in [6.45, 7) is 0.556. The number of hydrogen-bond acceptors (Lipinski definition) is 5. The average molecular weight is 347 g/mol. The molecule has 0 N–H and O–H groups in total. The number of hydrogen-bond donors (Lipinski definition) is 0. The Morgan fingerprint density at radius 2 is 1.35 bits per heavy atom. The standard InChI is InChI=1S/C21H17NO4/c23-13-18-19(22-24)11-12-20(25-14-16-7-3-1-4-8-16)21(18)26-15-17-9-5-2-6-10-17/h1-13H,14-15H2. The quantitative estimate of drug-likeness (QED) is 0.422. The number of benzene rings is 3. The fourth-order valence-corrected chi connectivity index (χ4v) is 2.49. The third-order valence-electron chi connectivity index (χ3n) is 3.82. The Hall–Kier alpha value is -3.47. The smallest absolute Gasteiger partial charge is 0.174 e. The van der Waals surface area contributed by atoms with Crippen LogP contribution in [0.25, 0.3) is 0 Å². The lowest BCUT2D eigenvalue weighted by Gasteiger charge is -2.15. The highest BCUT2D eigenvalue weighted by molar-refractivity contribution is 5.88. The second-order valence-electron chi connectivity index (χ2n) is 5.58. The van der Waals surface area contributed by atoms with Crippen molar-refractivity contribution < 1.29 is 14.3 Å². The van der Waals surface area contributed by atoms with E-state index in [0.717, 1.165) is 11.1 Å². The molecule has 3 aromatic carbocycles. The lowest BCUT2D eigenvalue weighted by molar-refractivity contribution is 0.111.